The van der Waals surface area contributed by atoms with E-state index in [9.17, 15) is 4.79 Å². The maximum absolute atomic E-state index is 12.0. The first-order valence-electron chi connectivity index (χ1n) is 7.63. The molecule has 1 amide bonds. The number of carbonyl (C=O) groups is 1. The Bertz CT molecular complexity index is 255. The number of carbonyl (C=O) groups excluding carboxylic acids is 1. The van der Waals surface area contributed by atoms with E-state index >= 15 is 0 Å². The molecule has 1 aliphatic rings. The lowest BCUT2D eigenvalue weighted by Crippen LogP contribution is -2.45. The quantitative estimate of drug-likeness (QED) is 0.722. The predicted molar refractivity (Wildman–Crippen MR) is 76.5 cm³/mol. The van der Waals surface area contributed by atoms with Crippen LogP contribution in [0.1, 0.15) is 53.4 Å². The highest BCUT2D eigenvalue weighted by Gasteiger charge is 2.31. The Morgan fingerprint density at radius 1 is 1.39 bits per heavy atom. The predicted octanol–water partition coefficient (Wildman–Crippen LogP) is 2.66. The molecule has 0 spiro atoms. The zero-order valence-electron chi connectivity index (χ0n) is 12.5. The first kappa shape index (κ1) is 15.5. The van der Waals surface area contributed by atoms with E-state index in [2.05, 4.69) is 37.9 Å². The van der Waals surface area contributed by atoms with Crippen LogP contribution >= 0.6 is 0 Å². The molecule has 0 saturated carbocycles. The average Bonchev–Trinajstić information content (AvgIpc) is 2.69. The van der Waals surface area contributed by atoms with Gasteiger partial charge in [-0.1, -0.05) is 40.5 Å². The summed E-state index contributed by atoms with van der Waals surface area (Å²) in [5, 5.41) is 3.53. The molecule has 1 heterocycles. The lowest BCUT2D eigenvalue weighted by molar-refractivity contribution is -0.128. The zero-order valence-corrected chi connectivity index (χ0v) is 12.5. The fraction of sp³-hybridized carbons (Fsp3) is 0.933. The Morgan fingerprint density at radius 2 is 2.11 bits per heavy atom. The van der Waals surface area contributed by atoms with E-state index in [0.717, 1.165) is 32.5 Å². The second-order valence-corrected chi connectivity index (χ2v) is 5.71. The summed E-state index contributed by atoms with van der Waals surface area (Å²) in [6.45, 7) is 11.7. The smallest absolute Gasteiger partial charge is 0.222 e. The highest BCUT2D eigenvalue weighted by atomic mass is 16.2. The third kappa shape index (κ3) is 4.27. The SMILES string of the molecule is CCCC1CC(=O)N(CC(NCC)C(C)CC)C1. The number of nitrogens with one attached hydrogen (secondary N) is 1. The van der Waals surface area contributed by atoms with E-state index in [1.807, 2.05) is 0 Å². The van der Waals surface area contributed by atoms with Gasteiger partial charge in [0.25, 0.3) is 0 Å². The van der Waals surface area contributed by atoms with Crippen molar-refractivity contribution in [2.75, 3.05) is 19.6 Å². The molecule has 1 N–H and O–H groups in total. The molecule has 106 valence electrons. The Balaban J connectivity index is 2.50. The Labute approximate surface area is 112 Å². The molecule has 0 radical (unpaired) electrons. The number of hydrogen-bond donors (Lipinski definition) is 1. The fourth-order valence-electron chi connectivity index (χ4n) is 2.86. The standard InChI is InChI=1S/C15H30N2O/c1-5-8-13-9-15(18)17(10-13)11-14(16-7-3)12(4)6-2/h12-14,16H,5-11H2,1-4H3. The van der Waals surface area contributed by atoms with Crippen LogP contribution in [0.2, 0.25) is 0 Å². The van der Waals surface area contributed by atoms with Crippen LogP contribution in [-0.2, 0) is 4.79 Å². The van der Waals surface area contributed by atoms with E-state index in [1.54, 1.807) is 0 Å². The van der Waals surface area contributed by atoms with Gasteiger partial charge in [0, 0.05) is 25.6 Å². The topological polar surface area (TPSA) is 32.3 Å². The third-order valence-electron chi connectivity index (χ3n) is 4.21. The van der Waals surface area contributed by atoms with Crippen LogP contribution in [0.3, 0.4) is 0 Å². The molecule has 1 saturated heterocycles. The first-order chi connectivity index (χ1) is 8.62. The molecular formula is C15H30N2O. The summed E-state index contributed by atoms with van der Waals surface area (Å²) < 4.78 is 0. The minimum absolute atomic E-state index is 0.361. The van der Waals surface area contributed by atoms with Crippen molar-refractivity contribution in [2.24, 2.45) is 11.8 Å². The molecule has 0 bridgehead atoms. The summed E-state index contributed by atoms with van der Waals surface area (Å²) in [6.07, 6.45) is 4.32. The molecule has 0 aromatic heterocycles. The van der Waals surface area contributed by atoms with Crippen molar-refractivity contribution in [3.05, 3.63) is 0 Å². The van der Waals surface area contributed by atoms with Crippen LogP contribution in [0.4, 0.5) is 0 Å². The zero-order chi connectivity index (χ0) is 13.5. The molecule has 1 fully saturated rings. The Kier molecular flexibility index (Phi) is 6.69. The van der Waals surface area contributed by atoms with Gasteiger partial charge in [0.15, 0.2) is 0 Å². The number of nitrogens with zero attached hydrogens (tertiary/aromatic N) is 1. The second kappa shape index (κ2) is 7.78. The monoisotopic (exact) mass is 254 g/mol. The largest absolute Gasteiger partial charge is 0.341 e. The van der Waals surface area contributed by atoms with Gasteiger partial charge < -0.3 is 10.2 Å². The molecule has 3 unspecified atom stereocenters. The maximum atomic E-state index is 12.0. The van der Waals surface area contributed by atoms with E-state index in [-0.39, 0.29) is 0 Å². The van der Waals surface area contributed by atoms with Gasteiger partial charge in [0.2, 0.25) is 5.91 Å². The number of hydrogen-bond acceptors (Lipinski definition) is 2. The van der Waals surface area contributed by atoms with Crippen LogP contribution in [-0.4, -0.2) is 36.5 Å². The minimum Gasteiger partial charge on any atom is -0.341 e. The van der Waals surface area contributed by atoms with Gasteiger partial charge in [-0.15, -0.1) is 0 Å². The van der Waals surface area contributed by atoms with E-state index in [0.29, 0.717) is 23.8 Å². The number of likely N-dealkylation sites (tertiary alicyclic amines) is 1. The van der Waals surface area contributed by atoms with Crippen molar-refractivity contribution in [2.45, 2.75) is 59.4 Å². The molecule has 1 aliphatic heterocycles. The third-order valence-corrected chi connectivity index (χ3v) is 4.21. The van der Waals surface area contributed by atoms with Gasteiger partial charge in [0.1, 0.15) is 0 Å². The van der Waals surface area contributed by atoms with E-state index in [4.69, 9.17) is 0 Å². The lowest BCUT2D eigenvalue weighted by atomic mass is 9.98. The van der Waals surface area contributed by atoms with Crippen molar-refractivity contribution >= 4 is 5.91 Å². The van der Waals surface area contributed by atoms with Crippen molar-refractivity contribution < 1.29 is 4.79 Å². The van der Waals surface area contributed by atoms with Gasteiger partial charge in [-0.05, 0) is 24.8 Å². The maximum Gasteiger partial charge on any atom is 0.222 e. The van der Waals surface area contributed by atoms with Gasteiger partial charge in [-0.3, -0.25) is 4.79 Å². The second-order valence-electron chi connectivity index (χ2n) is 5.71. The molecule has 18 heavy (non-hydrogen) atoms. The number of likely N-dealkylation sites (N-methyl/N-ethyl adjacent to an activating group) is 1. The van der Waals surface area contributed by atoms with Crippen molar-refractivity contribution in [1.29, 1.82) is 0 Å². The molecule has 1 rings (SSSR count). The van der Waals surface area contributed by atoms with E-state index < -0.39 is 0 Å². The van der Waals surface area contributed by atoms with Gasteiger partial charge in [-0.2, -0.15) is 0 Å². The summed E-state index contributed by atoms with van der Waals surface area (Å²) in [4.78, 5) is 14.1. The Morgan fingerprint density at radius 3 is 2.67 bits per heavy atom. The summed E-state index contributed by atoms with van der Waals surface area (Å²) >= 11 is 0. The van der Waals surface area contributed by atoms with Gasteiger partial charge in [-0.25, -0.2) is 0 Å². The van der Waals surface area contributed by atoms with Crippen LogP contribution in [0.15, 0.2) is 0 Å². The molecule has 0 aromatic carbocycles. The summed E-state index contributed by atoms with van der Waals surface area (Å²) in [5.41, 5.74) is 0. The highest BCUT2D eigenvalue weighted by molar-refractivity contribution is 5.78. The van der Waals surface area contributed by atoms with Crippen LogP contribution in [0.5, 0.6) is 0 Å². The molecular weight excluding hydrogens is 224 g/mol. The highest BCUT2D eigenvalue weighted by Crippen LogP contribution is 2.23. The summed E-state index contributed by atoms with van der Waals surface area (Å²) in [5.74, 6) is 1.59. The molecule has 0 aliphatic carbocycles. The molecule has 3 heteroatoms. The summed E-state index contributed by atoms with van der Waals surface area (Å²) in [6, 6.07) is 0.448. The fourth-order valence-corrected chi connectivity index (χ4v) is 2.86. The van der Waals surface area contributed by atoms with Crippen molar-refractivity contribution in [3.8, 4) is 0 Å². The van der Waals surface area contributed by atoms with Crippen molar-refractivity contribution in [3.63, 3.8) is 0 Å². The molecule has 3 atom stereocenters. The van der Waals surface area contributed by atoms with Gasteiger partial charge in [0.05, 0.1) is 0 Å². The minimum atomic E-state index is 0.361. The van der Waals surface area contributed by atoms with Crippen LogP contribution in [0, 0.1) is 11.8 Å². The summed E-state index contributed by atoms with van der Waals surface area (Å²) in [7, 11) is 0. The van der Waals surface area contributed by atoms with E-state index in [1.165, 1.54) is 12.8 Å². The normalized spacial score (nSPS) is 23.4. The van der Waals surface area contributed by atoms with Crippen LogP contribution < -0.4 is 5.32 Å². The number of amides is 1. The van der Waals surface area contributed by atoms with Crippen molar-refractivity contribution in [1.82, 2.24) is 10.2 Å². The van der Waals surface area contributed by atoms with Crippen LogP contribution in [0.25, 0.3) is 0 Å². The average molecular weight is 254 g/mol. The first-order valence-corrected chi connectivity index (χ1v) is 7.63. The number of rotatable bonds is 8. The molecule has 3 nitrogen and oxygen atoms in total. The Hall–Kier alpha value is -0.570. The lowest BCUT2D eigenvalue weighted by Gasteiger charge is -2.29. The molecule has 0 aromatic rings. The van der Waals surface area contributed by atoms with Gasteiger partial charge >= 0.3 is 0 Å².